The molecule has 0 aliphatic carbocycles. The van der Waals surface area contributed by atoms with Gasteiger partial charge in [0.15, 0.2) is 0 Å². The van der Waals surface area contributed by atoms with Crippen molar-refractivity contribution in [1.29, 1.82) is 0 Å². The van der Waals surface area contributed by atoms with Gasteiger partial charge in [0.1, 0.15) is 0 Å². The van der Waals surface area contributed by atoms with E-state index in [1.807, 2.05) is 48.7 Å². The first-order valence-corrected chi connectivity index (χ1v) is 10.2. The van der Waals surface area contributed by atoms with Crippen molar-refractivity contribution in [1.82, 2.24) is 0 Å². The molecule has 134 valence electrons. The number of amides is 1. The summed E-state index contributed by atoms with van der Waals surface area (Å²) in [6, 6.07) is 16.8. The molecule has 4 nitrogen and oxygen atoms in total. The number of hydrogen-bond donors (Lipinski definition) is 3. The van der Waals surface area contributed by atoms with Crippen LogP contribution in [0.3, 0.4) is 0 Å². The number of thiophene rings is 1. The number of carbonyl (C=O) groups excluding carboxylic acids is 1. The van der Waals surface area contributed by atoms with Gasteiger partial charge in [-0.1, -0.05) is 53.9 Å². The van der Waals surface area contributed by atoms with Gasteiger partial charge in [0.25, 0.3) is 5.91 Å². The standard InChI is InChI=1S/C19H17ClN2O2S2/c1-25-22-15-8-13(20)7-14(9-15)21-19(24)17-10-16(18(11-23)26-17)12-5-3-2-4-6-12/h2-10,22-23H,11H2,1H3,(H,21,24). The molecule has 0 atom stereocenters. The molecule has 0 unspecified atom stereocenters. The molecule has 0 radical (unpaired) electrons. The first kappa shape index (κ1) is 18.8. The van der Waals surface area contributed by atoms with E-state index in [0.29, 0.717) is 15.6 Å². The number of aliphatic hydroxyl groups is 1. The summed E-state index contributed by atoms with van der Waals surface area (Å²) in [5.74, 6) is -0.232. The molecular weight excluding hydrogens is 388 g/mol. The molecule has 3 rings (SSSR count). The van der Waals surface area contributed by atoms with Gasteiger partial charge in [-0.2, -0.15) is 0 Å². The number of benzene rings is 2. The van der Waals surface area contributed by atoms with E-state index in [0.717, 1.165) is 21.7 Å². The van der Waals surface area contributed by atoms with Crippen molar-refractivity contribution in [2.75, 3.05) is 16.3 Å². The molecule has 7 heteroatoms. The van der Waals surface area contributed by atoms with Crippen molar-refractivity contribution in [2.45, 2.75) is 6.61 Å². The maximum Gasteiger partial charge on any atom is 0.265 e. The van der Waals surface area contributed by atoms with E-state index in [-0.39, 0.29) is 12.5 Å². The highest BCUT2D eigenvalue weighted by atomic mass is 35.5. The summed E-state index contributed by atoms with van der Waals surface area (Å²) in [5.41, 5.74) is 3.27. The largest absolute Gasteiger partial charge is 0.391 e. The number of anilines is 2. The van der Waals surface area contributed by atoms with E-state index >= 15 is 0 Å². The first-order chi connectivity index (χ1) is 12.6. The van der Waals surface area contributed by atoms with E-state index < -0.39 is 0 Å². The monoisotopic (exact) mass is 404 g/mol. The van der Waals surface area contributed by atoms with Crippen LogP contribution in [0.2, 0.25) is 5.02 Å². The molecule has 1 aromatic heterocycles. The number of halogens is 1. The Bertz CT molecular complexity index is 913. The van der Waals surface area contributed by atoms with E-state index in [2.05, 4.69) is 10.0 Å². The summed E-state index contributed by atoms with van der Waals surface area (Å²) < 4.78 is 3.10. The van der Waals surface area contributed by atoms with Crippen LogP contribution in [0.5, 0.6) is 0 Å². The predicted octanol–water partition coefficient (Wildman–Crippen LogP) is 5.50. The lowest BCUT2D eigenvalue weighted by molar-refractivity contribution is 0.103. The zero-order chi connectivity index (χ0) is 18.5. The molecule has 0 saturated heterocycles. The molecule has 0 bridgehead atoms. The van der Waals surface area contributed by atoms with Gasteiger partial charge >= 0.3 is 0 Å². The number of hydrogen-bond acceptors (Lipinski definition) is 5. The highest BCUT2D eigenvalue weighted by molar-refractivity contribution is 7.99. The van der Waals surface area contributed by atoms with Crippen molar-refractivity contribution in [3.63, 3.8) is 0 Å². The third-order valence-electron chi connectivity index (χ3n) is 3.64. The lowest BCUT2D eigenvalue weighted by Crippen LogP contribution is -2.10. The summed E-state index contributed by atoms with van der Waals surface area (Å²) in [5, 5.41) is 13.1. The predicted molar refractivity (Wildman–Crippen MR) is 112 cm³/mol. The minimum absolute atomic E-state index is 0.110. The summed E-state index contributed by atoms with van der Waals surface area (Å²) in [6.45, 7) is -0.110. The number of aliphatic hydroxyl groups excluding tert-OH is 1. The minimum Gasteiger partial charge on any atom is -0.391 e. The third-order valence-corrected chi connectivity index (χ3v) is 5.41. The molecule has 0 aliphatic rings. The molecule has 0 fully saturated rings. The van der Waals surface area contributed by atoms with Crippen molar-refractivity contribution in [3.8, 4) is 11.1 Å². The van der Waals surface area contributed by atoms with Gasteiger partial charge in [-0.05, 0) is 35.4 Å². The highest BCUT2D eigenvalue weighted by Gasteiger charge is 2.16. The minimum atomic E-state index is -0.232. The van der Waals surface area contributed by atoms with Crippen LogP contribution in [-0.2, 0) is 6.61 Å². The average molecular weight is 405 g/mol. The number of carbonyl (C=O) groups is 1. The van der Waals surface area contributed by atoms with Gasteiger partial charge in [0, 0.05) is 27.5 Å². The Balaban J connectivity index is 1.86. The van der Waals surface area contributed by atoms with Gasteiger partial charge in [0.05, 0.1) is 11.5 Å². The third kappa shape index (κ3) is 4.40. The Morgan fingerprint density at radius 3 is 2.58 bits per heavy atom. The van der Waals surface area contributed by atoms with Crippen LogP contribution < -0.4 is 10.0 Å². The molecule has 1 amide bonds. The molecule has 1 heterocycles. The lowest BCUT2D eigenvalue weighted by atomic mass is 10.1. The van der Waals surface area contributed by atoms with Gasteiger partial charge in [-0.25, -0.2) is 0 Å². The highest BCUT2D eigenvalue weighted by Crippen LogP contribution is 2.32. The van der Waals surface area contributed by atoms with E-state index in [9.17, 15) is 9.90 Å². The van der Waals surface area contributed by atoms with Crippen LogP contribution in [0.1, 0.15) is 14.5 Å². The van der Waals surface area contributed by atoms with Crippen molar-refractivity contribution in [2.24, 2.45) is 0 Å². The number of nitrogens with one attached hydrogen (secondary N) is 2. The second-order valence-corrected chi connectivity index (χ2v) is 7.65. The molecule has 3 N–H and O–H groups in total. The van der Waals surface area contributed by atoms with Gasteiger partial charge < -0.3 is 15.1 Å². The van der Waals surface area contributed by atoms with Crippen LogP contribution >= 0.6 is 34.9 Å². The average Bonchev–Trinajstić information content (AvgIpc) is 3.07. The summed E-state index contributed by atoms with van der Waals surface area (Å²) in [4.78, 5) is 14.0. The second kappa shape index (κ2) is 8.60. The van der Waals surface area contributed by atoms with Crippen LogP contribution in [0, 0.1) is 0 Å². The Morgan fingerprint density at radius 1 is 1.15 bits per heavy atom. The van der Waals surface area contributed by atoms with Crippen molar-refractivity contribution >= 4 is 52.2 Å². The smallest absolute Gasteiger partial charge is 0.265 e. The lowest BCUT2D eigenvalue weighted by Gasteiger charge is -2.08. The first-order valence-electron chi connectivity index (χ1n) is 7.80. The van der Waals surface area contributed by atoms with E-state index in [1.54, 1.807) is 12.1 Å². The fourth-order valence-corrected chi connectivity index (χ4v) is 4.08. The zero-order valence-corrected chi connectivity index (χ0v) is 16.3. The maximum absolute atomic E-state index is 12.7. The SMILES string of the molecule is CSNc1cc(Cl)cc(NC(=O)c2cc(-c3ccccc3)c(CO)s2)c1. The zero-order valence-electron chi connectivity index (χ0n) is 14.0. The van der Waals surface area contributed by atoms with Crippen molar-refractivity contribution in [3.05, 3.63) is 69.4 Å². The van der Waals surface area contributed by atoms with Gasteiger partial charge in [0.2, 0.25) is 0 Å². The Kier molecular flexibility index (Phi) is 6.21. The molecule has 0 spiro atoms. The molecule has 0 saturated carbocycles. The normalized spacial score (nSPS) is 10.6. The molecular formula is C19H17ClN2O2S2. The van der Waals surface area contributed by atoms with Crippen LogP contribution in [-0.4, -0.2) is 17.3 Å². The van der Waals surface area contributed by atoms with Gasteiger partial charge in [-0.15, -0.1) is 11.3 Å². The van der Waals surface area contributed by atoms with Crippen molar-refractivity contribution < 1.29 is 9.90 Å². The summed E-state index contributed by atoms with van der Waals surface area (Å²) in [7, 11) is 0. The van der Waals surface area contributed by atoms with E-state index in [4.69, 9.17) is 11.6 Å². The van der Waals surface area contributed by atoms with Crippen LogP contribution in [0.4, 0.5) is 11.4 Å². The summed E-state index contributed by atoms with van der Waals surface area (Å²) in [6.07, 6.45) is 1.91. The molecule has 0 aliphatic heterocycles. The number of rotatable bonds is 6. The van der Waals surface area contributed by atoms with E-state index in [1.165, 1.54) is 23.3 Å². The fraction of sp³-hybridized carbons (Fsp3) is 0.105. The maximum atomic E-state index is 12.7. The second-order valence-electron chi connectivity index (χ2n) is 5.46. The van der Waals surface area contributed by atoms with Crippen LogP contribution in [0.25, 0.3) is 11.1 Å². The Labute approximate surface area is 165 Å². The molecule has 26 heavy (non-hydrogen) atoms. The quantitative estimate of drug-likeness (QED) is 0.474. The van der Waals surface area contributed by atoms with Crippen LogP contribution in [0.15, 0.2) is 54.6 Å². The topological polar surface area (TPSA) is 61.4 Å². The fourth-order valence-electron chi connectivity index (χ4n) is 2.55. The summed E-state index contributed by atoms with van der Waals surface area (Å²) >= 11 is 8.85. The van der Waals surface area contributed by atoms with Gasteiger partial charge in [-0.3, -0.25) is 4.79 Å². The molecule has 2 aromatic carbocycles. The Morgan fingerprint density at radius 2 is 1.88 bits per heavy atom. The Hall–Kier alpha value is -1.99. The molecule has 3 aromatic rings.